The number of rotatable bonds is 5. The van der Waals surface area contributed by atoms with Gasteiger partial charge in [-0.25, -0.2) is 0 Å². The zero-order chi connectivity index (χ0) is 15.3. The van der Waals surface area contributed by atoms with Crippen LogP contribution in [-0.2, 0) is 12.6 Å². The predicted octanol–water partition coefficient (Wildman–Crippen LogP) is 3.72. The summed E-state index contributed by atoms with van der Waals surface area (Å²) in [6.07, 6.45) is -3.97. The number of alkyl halides is 3. The molecule has 0 heterocycles. The summed E-state index contributed by atoms with van der Waals surface area (Å²) in [5.74, 6) is 0. The van der Waals surface area contributed by atoms with Crippen LogP contribution in [0.15, 0.2) is 54.6 Å². The van der Waals surface area contributed by atoms with Gasteiger partial charge in [0.05, 0.1) is 18.2 Å². The Kier molecular flexibility index (Phi) is 4.85. The Labute approximate surface area is 121 Å². The fourth-order valence-electron chi connectivity index (χ4n) is 2.14. The highest BCUT2D eigenvalue weighted by molar-refractivity contribution is 5.53. The van der Waals surface area contributed by atoms with Crippen molar-refractivity contribution in [3.05, 3.63) is 65.7 Å². The third-order valence-corrected chi connectivity index (χ3v) is 3.14. The minimum atomic E-state index is -4.42. The van der Waals surface area contributed by atoms with E-state index in [1.807, 2.05) is 30.3 Å². The van der Waals surface area contributed by atoms with E-state index in [4.69, 9.17) is 0 Å². The Morgan fingerprint density at radius 1 is 0.952 bits per heavy atom. The molecule has 2 rings (SSSR count). The second-order valence-electron chi connectivity index (χ2n) is 4.76. The number of hydrogen-bond acceptors (Lipinski definition) is 2. The van der Waals surface area contributed by atoms with Crippen LogP contribution in [0, 0.1) is 0 Å². The van der Waals surface area contributed by atoms with Gasteiger partial charge in [-0.2, -0.15) is 13.2 Å². The molecule has 0 aromatic heterocycles. The number of halogens is 3. The lowest BCUT2D eigenvalue weighted by molar-refractivity contribution is -0.137. The van der Waals surface area contributed by atoms with Crippen LogP contribution in [0.3, 0.4) is 0 Å². The van der Waals surface area contributed by atoms with E-state index in [9.17, 15) is 18.3 Å². The lowest BCUT2D eigenvalue weighted by Crippen LogP contribution is -2.27. The summed E-state index contributed by atoms with van der Waals surface area (Å²) in [6, 6.07) is 14.1. The van der Waals surface area contributed by atoms with Gasteiger partial charge in [-0.3, -0.25) is 0 Å². The van der Waals surface area contributed by atoms with Crippen molar-refractivity contribution in [2.24, 2.45) is 0 Å². The molecule has 0 fully saturated rings. The molecule has 0 radical (unpaired) electrons. The van der Waals surface area contributed by atoms with Crippen LogP contribution in [0.25, 0.3) is 0 Å². The van der Waals surface area contributed by atoms with Crippen LogP contribution < -0.4 is 5.32 Å². The van der Waals surface area contributed by atoms with Gasteiger partial charge >= 0.3 is 6.18 Å². The first-order valence-electron chi connectivity index (χ1n) is 6.58. The maximum absolute atomic E-state index is 12.9. The largest absolute Gasteiger partial charge is 0.418 e. The van der Waals surface area contributed by atoms with Crippen molar-refractivity contribution in [3.8, 4) is 0 Å². The molecule has 1 atom stereocenters. The number of aliphatic hydroxyl groups excluding tert-OH is 1. The first kappa shape index (κ1) is 15.4. The smallest absolute Gasteiger partial charge is 0.394 e. The molecule has 0 aliphatic rings. The number of aliphatic hydroxyl groups is 1. The van der Waals surface area contributed by atoms with Crippen molar-refractivity contribution in [1.29, 1.82) is 0 Å². The van der Waals surface area contributed by atoms with Gasteiger partial charge in [0.1, 0.15) is 0 Å². The molecule has 0 amide bonds. The Morgan fingerprint density at radius 2 is 1.57 bits per heavy atom. The van der Waals surface area contributed by atoms with E-state index < -0.39 is 17.8 Å². The molecule has 2 N–H and O–H groups in total. The highest BCUT2D eigenvalue weighted by atomic mass is 19.4. The van der Waals surface area contributed by atoms with Gasteiger partial charge in [0.2, 0.25) is 0 Å². The van der Waals surface area contributed by atoms with Crippen LogP contribution in [0.5, 0.6) is 0 Å². The van der Waals surface area contributed by atoms with Crippen LogP contribution in [0.2, 0.25) is 0 Å². The molecule has 0 aliphatic carbocycles. The van der Waals surface area contributed by atoms with Gasteiger partial charge < -0.3 is 10.4 Å². The van der Waals surface area contributed by atoms with E-state index in [1.54, 1.807) is 0 Å². The Bertz CT molecular complexity index is 569. The molecular formula is C16H16F3NO. The second kappa shape index (κ2) is 6.63. The van der Waals surface area contributed by atoms with Gasteiger partial charge in [0.15, 0.2) is 0 Å². The zero-order valence-electron chi connectivity index (χ0n) is 11.3. The number of benzene rings is 2. The third kappa shape index (κ3) is 4.23. The Balaban J connectivity index is 2.16. The average molecular weight is 295 g/mol. The van der Waals surface area contributed by atoms with Gasteiger partial charge in [-0.05, 0) is 24.1 Å². The molecule has 2 aromatic rings. The second-order valence-corrected chi connectivity index (χ2v) is 4.76. The highest BCUT2D eigenvalue weighted by Gasteiger charge is 2.33. The number of anilines is 1. The molecule has 21 heavy (non-hydrogen) atoms. The highest BCUT2D eigenvalue weighted by Crippen LogP contribution is 2.34. The topological polar surface area (TPSA) is 32.3 Å². The van der Waals surface area contributed by atoms with Gasteiger partial charge in [-0.1, -0.05) is 42.5 Å². The summed E-state index contributed by atoms with van der Waals surface area (Å²) in [5, 5.41) is 12.2. The molecule has 0 saturated carbocycles. The van der Waals surface area contributed by atoms with Crippen LogP contribution in [-0.4, -0.2) is 17.8 Å². The van der Waals surface area contributed by atoms with Crippen LogP contribution >= 0.6 is 0 Å². The molecule has 0 aliphatic heterocycles. The van der Waals surface area contributed by atoms with E-state index in [2.05, 4.69) is 5.32 Å². The van der Waals surface area contributed by atoms with Crippen LogP contribution in [0.1, 0.15) is 11.1 Å². The number of para-hydroxylation sites is 1. The summed E-state index contributed by atoms with van der Waals surface area (Å²) in [6.45, 7) is -0.249. The normalized spacial score (nSPS) is 13.0. The van der Waals surface area contributed by atoms with E-state index in [0.717, 1.165) is 11.6 Å². The third-order valence-electron chi connectivity index (χ3n) is 3.14. The maximum Gasteiger partial charge on any atom is 0.418 e. The summed E-state index contributed by atoms with van der Waals surface area (Å²) < 4.78 is 38.8. The van der Waals surface area contributed by atoms with E-state index >= 15 is 0 Å². The van der Waals surface area contributed by atoms with Crippen LogP contribution in [0.4, 0.5) is 18.9 Å². The van der Waals surface area contributed by atoms with Crippen molar-refractivity contribution in [1.82, 2.24) is 0 Å². The summed E-state index contributed by atoms with van der Waals surface area (Å²) in [7, 11) is 0. The molecule has 0 saturated heterocycles. The van der Waals surface area contributed by atoms with E-state index in [0.29, 0.717) is 6.42 Å². The van der Waals surface area contributed by atoms with Gasteiger partial charge in [0.25, 0.3) is 0 Å². The lowest BCUT2D eigenvalue weighted by atomic mass is 10.1. The van der Waals surface area contributed by atoms with Crippen molar-refractivity contribution in [2.75, 3.05) is 11.9 Å². The van der Waals surface area contributed by atoms with Gasteiger partial charge in [0, 0.05) is 5.69 Å². The Morgan fingerprint density at radius 3 is 2.19 bits per heavy atom. The molecular weight excluding hydrogens is 279 g/mol. The summed E-state index contributed by atoms with van der Waals surface area (Å²) in [5.41, 5.74) is 0.213. The molecule has 0 spiro atoms. The fourth-order valence-corrected chi connectivity index (χ4v) is 2.14. The minimum Gasteiger partial charge on any atom is -0.394 e. The lowest BCUT2D eigenvalue weighted by Gasteiger charge is -2.21. The van der Waals surface area contributed by atoms with Crippen molar-refractivity contribution in [3.63, 3.8) is 0 Å². The molecule has 0 bridgehead atoms. The summed E-state index contributed by atoms with van der Waals surface area (Å²) in [4.78, 5) is 0. The van der Waals surface area contributed by atoms with Gasteiger partial charge in [-0.15, -0.1) is 0 Å². The quantitative estimate of drug-likeness (QED) is 0.881. The maximum atomic E-state index is 12.9. The molecule has 2 aromatic carbocycles. The van der Waals surface area contributed by atoms with Crippen molar-refractivity contribution in [2.45, 2.75) is 18.6 Å². The zero-order valence-corrected chi connectivity index (χ0v) is 11.3. The first-order valence-corrected chi connectivity index (χ1v) is 6.58. The average Bonchev–Trinajstić information content (AvgIpc) is 2.47. The number of hydrogen-bond donors (Lipinski definition) is 2. The van der Waals surface area contributed by atoms with E-state index in [1.165, 1.54) is 18.2 Å². The minimum absolute atomic E-state index is 0.0139. The first-order chi connectivity index (χ1) is 10.0. The fraction of sp³-hybridized carbons (Fsp3) is 0.250. The molecule has 112 valence electrons. The predicted molar refractivity (Wildman–Crippen MR) is 76.1 cm³/mol. The Hall–Kier alpha value is -2.01. The van der Waals surface area contributed by atoms with Crippen molar-refractivity contribution < 1.29 is 18.3 Å². The van der Waals surface area contributed by atoms with Crippen molar-refractivity contribution >= 4 is 5.69 Å². The van der Waals surface area contributed by atoms with E-state index in [-0.39, 0.29) is 12.3 Å². The monoisotopic (exact) mass is 295 g/mol. The molecule has 5 heteroatoms. The molecule has 1 unspecified atom stereocenters. The standard InChI is InChI=1S/C16H16F3NO/c17-16(18,19)14-8-4-5-9-15(14)20-13(11-21)10-12-6-2-1-3-7-12/h1-9,13,20-21H,10-11H2. The molecule has 2 nitrogen and oxygen atoms in total. The SMILES string of the molecule is OCC(Cc1ccccc1)Nc1ccccc1C(F)(F)F. The number of nitrogens with one attached hydrogen (secondary N) is 1. The summed E-state index contributed by atoms with van der Waals surface area (Å²) >= 11 is 0.